The van der Waals surface area contributed by atoms with Crippen molar-refractivity contribution in [2.24, 2.45) is 5.73 Å². The van der Waals surface area contributed by atoms with Crippen LogP contribution in [0.15, 0.2) is 30.3 Å². The van der Waals surface area contributed by atoms with E-state index < -0.39 is 12.0 Å². The van der Waals surface area contributed by atoms with Gasteiger partial charge in [0.15, 0.2) is 0 Å². The Morgan fingerprint density at radius 1 is 1.12 bits per heavy atom. The molecule has 3 N–H and O–H groups in total. The van der Waals surface area contributed by atoms with Gasteiger partial charge in [-0.25, -0.2) is 4.79 Å². The lowest BCUT2D eigenvalue weighted by molar-refractivity contribution is -0.128. The molecule has 2 atom stereocenters. The summed E-state index contributed by atoms with van der Waals surface area (Å²) < 4.78 is 5.54. The van der Waals surface area contributed by atoms with Gasteiger partial charge in [-0.3, -0.25) is 4.79 Å². The zero-order valence-corrected chi connectivity index (χ0v) is 14.4. The molecule has 3 rings (SSSR count). The Hall–Kier alpha value is -2.28. The summed E-state index contributed by atoms with van der Waals surface area (Å²) in [5, 5.41) is 2.93. The number of ether oxygens (including phenoxy) is 1. The molecule has 0 unspecified atom stereocenters. The third-order valence-corrected chi connectivity index (χ3v) is 4.81. The minimum atomic E-state index is -0.514. The fourth-order valence-electron chi connectivity index (χ4n) is 3.40. The van der Waals surface area contributed by atoms with Crippen molar-refractivity contribution in [2.45, 2.75) is 31.5 Å². The molecule has 1 aromatic carbocycles. The van der Waals surface area contributed by atoms with Gasteiger partial charge in [0.1, 0.15) is 6.10 Å². The smallest absolute Gasteiger partial charge is 0.317 e. The second kappa shape index (κ2) is 8.20. The van der Waals surface area contributed by atoms with Crippen molar-refractivity contribution in [3.63, 3.8) is 0 Å². The summed E-state index contributed by atoms with van der Waals surface area (Å²) >= 11 is 0. The highest BCUT2D eigenvalue weighted by molar-refractivity contribution is 5.79. The number of nitrogens with one attached hydrogen (secondary N) is 1. The van der Waals surface area contributed by atoms with E-state index in [0.717, 1.165) is 32.5 Å². The Labute approximate surface area is 148 Å². The quantitative estimate of drug-likeness (QED) is 0.849. The molecule has 25 heavy (non-hydrogen) atoms. The molecular weight excluding hydrogens is 320 g/mol. The highest BCUT2D eigenvalue weighted by atomic mass is 16.5. The van der Waals surface area contributed by atoms with E-state index in [4.69, 9.17) is 10.5 Å². The second-order valence-electron chi connectivity index (χ2n) is 6.58. The minimum Gasteiger partial charge on any atom is -0.370 e. The largest absolute Gasteiger partial charge is 0.370 e. The number of hydrogen-bond donors (Lipinski definition) is 2. The van der Waals surface area contributed by atoms with Crippen molar-refractivity contribution < 1.29 is 14.3 Å². The molecular formula is C18H26N4O3. The van der Waals surface area contributed by atoms with E-state index in [9.17, 15) is 9.59 Å². The number of anilines is 1. The Balaban J connectivity index is 1.45. The highest BCUT2D eigenvalue weighted by Crippen LogP contribution is 2.19. The van der Waals surface area contributed by atoms with Gasteiger partial charge in [0.05, 0.1) is 6.10 Å². The maximum atomic E-state index is 12.4. The molecule has 2 aliphatic heterocycles. The summed E-state index contributed by atoms with van der Waals surface area (Å²) in [6, 6.07) is 10.2. The van der Waals surface area contributed by atoms with Crippen LogP contribution in [0.25, 0.3) is 0 Å². The van der Waals surface area contributed by atoms with Crippen molar-refractivity contribution in [3.05, 3.63) is 30.3 Å². The number of primary amides is 1. The number of amides is 3. The molecule has 2 saturated heterocycles. The van der Waals surface area contributed by atoms with Gasteiger partial charge in [-0.1, -0.05) is 18.2 Å². The van der Waals surface area contributed by atoms with Gasteiger partial charge in [-0.2, -0.15) is 0 Å². The van der Waals surface area contributed by atoms with Crippen LogP contribution in [-0.2, 0) is 9.53 Å². The van der Waals surface area contributed by atoms with Crippen LogP contribution in [0.5, 0.6) is 0 Å². The Kier molecular flexibility index (Phi) is 5.75. The van der Waals surface area contributed by atoms with Crippen molar-refractivity contribution >= 4 is 17.6 Å². The molecule has 2 aliphatic rings. The summed E-state index contributed by atoms with van der Waals surface area (Å²) in [5.74, 6) is -0.428. The number of hydrogen-bond acceptors (Lipinski definition) is 4. The van der Waals surface area contributed by atoms with E-state index >= 15 is 0 Å². The first kappa shape index (κ1) is 17.5. The predicted molar refractivity (Wildman–Crippen MR) is 95.3 cm³/mol. The van der Waals surface area contributed by atoms with E-state index in [0.29, 0.717) is 19.5 Å². The van der Waals surface area contributed by atoms with E-state index in [1.165, 1.54) is 5.69 Å². The summed E-state index contributed by atoms with van der Waals surface area (Å²) in [5.41, 5.74) is 6.44. The summed E-state index contributed by atoms with van der Waals surface area (Å²) in [6.45, 7) is 3.61. The number of rotatable bonds is 4. The van der Waals surface area contributed by atoms with Crippen LogP contribution in [0.2, 0.25) is 0 Å². The maximum Gasteiger partial charge on any atom is 0.317 e. The molecule has 0 saturated carbocycles. The first-order valence-corrected chi connectivity index (χ1v) is 8.91. The number of para-hydroxylation sites is 1. The summed E-state index contributed by atoms with van der Waals surface area (Å²) in [6.07, 6.45) is 1.67. The minimum absolute atomic E-state index is 0.0685. The molecule has 3 amide bonds. The van der Waals surface area contributed by atoms with Crippen LogP contribution >= 0.6 is 0 Å². The predicted octanol–water partition coefficient (Wildman–Crippen LogP) is 0.941. The molecule has 7 nitrogen and oxygen atoms in total. The number of urea groups is 1. The molecule has 2 fully saturated rings. The molecule has 1 aromatic rings. The van der Waals surface area contributed by atoms with Crippen molar-refractivity contribution in [3.8, 4) is 0 Å². The van der Waals surface area contributed by atoms with Gasteiger partial charge in [0.25, 0.3) is 0 Å². The lowest BCUT2D eigenvalue weighted by Gasteiger charge is -2.24. The average Bonchev–Trinajstić information content (AvgIpc) is 2.97. The molecule has 136 valence electrons. The van der Waals surface area contributed by atoms with Crippen molar-refractivity contribution in [1.82, 2.24) is 10.2 Å². The van der Waals surface area contributed by atoms with Crippen LogP contribution < -0.4 is 16.0 Å². The lowest BCUT2D eigenvalue weighted by Crippen LogP contribution is -2.44. The Morgan fingerprint density at radius 2 is 1.92 bits per heavy atom. The van der Waals surface area contributed by atoms with Crippen LogP contribution in [0, 0.1) is 0 Å². The first-order chi connectivity index (χ1) is 12.1. The molecule has 7 heteroatoms. The van der Waals surface area contributed by atoms with Crippen LogP contribution in [-0.4, -0.2) is 61.8 Å². The normalized spacial score (nSPS) is 24.0. The lowest BCUT2D eigenvalue weighted by atomic mass is 10.2. The number of nitrogens with two attached hydrogens (primary N) is 1. The third-order valence-electron chi connectivity index (χ3n) is 4.81. The number of benzene rings is 1. The topological polar surface area (TPSA) is 87.9 Å². The number of nitrogens with zero attached hydrogens (tertiary/aromatic N) is 2. The fourth-order valence-corrected chi connectivity index (χ4v) is 3.40. The number of carbonyl (C=O) groups is 2. The summed E-state index contributed by atoms with van der Waals surface area (Å²) in [4.78, 5) is 27.7. The van der Waals surface area contributed by atoms with Gasteiger partial charge in [-0.15, -0.1) is 0 Å². The molecule has 0 aromatic heterocycles. The van der Waals surface area contributed by atoms with E-state index in [1.807, 2.05) is 23.1 Å². The maximum absolute atomic E-state index is 12.4. The van der Waals surface area contributed by atoms with Gasteiger partial charge >= 0.3 is 6.03 Å². The molecule has 0 radical (unpaired) electrons. The first-order valence-electron chi connectivity index (χ1n) is 8.91. The number of carbonyl (C=O) groups excluding carboxylic acids is 2. The van der Waals surface area contributed by atoms with Gasteiger partial charge in [0, 0.05) is 38.4 Å². The SMILES string of the molecule is NC(=O)[C@@H]1CC[C@H](CNC(=O)N2CCCN(c3ccccc3)CC2)O1. The van der Waals surface area contributed by atoms with Crippen molar-refractivity contribution in [2.75, 3.05) is 37.6 Å². The van der Waals surface area contributed by atoms with Gasteiger partial charge in [-0.05, 0) is 31.4 Å². The molecule has 2 heterocycles. The Bertz CT molecular complexity index is 595. The average molecular weight is 346 g/mol. The third kappa shape index (κ3) is 4.63. The Morgan fingerprint density at radius 3 is 2.64 bits per heavy atom. The highest BCUT2D eigenvalue weighted by Gasteiger charge is 2.29. The van der Waals surface area contributed by atoms with Gasteiger partial charge in [0.2, 0.25) is 5.91 Å². The molecule has 0 aliphatic carbocycles. The van der Waals surface area contributed by atoms with E-state index in [1.54, 1.807) is 0 Å². The monoisotopic (exact) mass is 346 g/mol. The molecule has 0 spiro atoms. The van der Waals surface area contributed by atoms with E-state index in [-0.39, 0.29) is 12.1 Å². The van der Waals surface area contributed by atoms with Crippen molar-refractivity contribution in [1.29, 1.82) is 0 Å². The summed E-state index contributed by atoms with van der Waals surface area (Å²) in [7, 11) is 0. The zero-order chi connectivity index (χ0) is 17.6. The van der Waals surface area contributed by atoms with Crippen LogP contribution in [0.4, 0.5) is 10.5 Å². The van der Waals surface area contributed by atoms with Gasteiger partial charge < -0.3 is 25.6 Å². The fraction of sp³-hybridized carbons (Fsp3) is 0.556. The van der Waals surface area contributed by atoms with Crippen LogP contribution in [0.3, 0.4) is 0 Å². The standard InChI is InChI=1S/C18H26N4O3/c19-17(23)16-8-7-15(25-16)13-20-18(24)22-10-4-9-21(11-12-22)14-5-2-1-3-6-14/h1-3,5-6,15-16H,4,7-13H2,(H2,19,23)(H,20,24)/t15-,16+/m1/s1. The molecule has 0 bridgehead atoms. The van der Waals surface area contributed by atoms with E-state index in [2.05, 4.69) is 22.3 Å². The zero-order valence-electron chi connectivity index (χ0n) is 14.4. The van der Waals surface area contributed by atoms with Crippen LogP contribution in [0.1, 0.15) is 19.3 Å². The second-order valence-corrected chi connectivity index (χ2v) is 6.58.